The second-order valence-electron chi connectivity index (χ2n) is 9.38. The van der Waals surface area contributed by atoms with Crippen molar-refractivity contribution in [1.29, 1.82) is 0 Å². The number of nitrogens with zero attached hydrogens (tertiary/aromatic N) is 1. The zero-order chi connectivity index (χ0) is 26.1. The van der Waals surface area contributed by atoms with Crippen molar-refractivity contribution in [3.8, 4) is 22.3 Å². The highest BCUT2D eigenvalue weighted by molar-refractivity contribution is 5.89. The number of carbonyl (C=O) groups excluding carboxylic acids is 1. The summed E-state index contributed by atoms with van der Waals surface area (Å²) in [6.45, 7) is 0.121. The molecule has 0 bridgehead atoms. The Bertz CT molecular complexity index is 1600. The lowest BCUT2D eigenvalue weighted by atomic mass is 9.98. The van der Waals surface area contributed by atoms with Crippen LogP contribution in [0, 0.1) is 0 Å². The lowest BCUT2D eigenvalue weighted by Gasteiger charge is -2.17. The van der Waals surface area contributed by atoms with Gasteiger partial charge in [0.1, 0.15) is 12.6 Å². The second-order valence-corrected chi connectivity index (χ2v) is 9.38. The van der Waals surface area contributed by atoms with E-state index in [9.17, 15) is 14.7 Å². The second kappa shape index (κ2) is 9.86. The Labute approximate surface area is 219 Å². The molecule has 1 aliphatic carbocycles. The molecule has 0 saturated heterocycles. The number of amides is 1. The minimum atomic E-state index is -1.14. The summed E-state index contributed by atoms with van der Waals surface area (Å²) < 4.78 is 5.56. The van der Waals surface area contributed by atoms with Crippen LogP contribution in [0.25, 0.3) is 33.2 Å². The maximum absolute atomic E-state index is 12.7. The minimum absolute atomic E-state index is 0.0981. The highest BCUT2D eigenvalue weighted by atomic mass is 16.5. The number of alkyl carbamates (subject to hydrolysis) is 1. The molecule has 2 heterocycles. The van der Waals surface area contributed by atoms with Gasteiger partial charge in [0.05, 0.1) is 0 Å². The van der Waals surface area contributed by atoms with Crippen LogP contribution in [0.4, 0.5) is 4.79 Å². The van der Waals surface area contributed by atoms with Crippen LogP contribution in [0.3, 0.4) is 0 Å². The largest absolute Gasteiger partial charge is 0.480 e. The Morgan fingerprint density at radius 2 is 1.68 bits per heavy atom. The summed E-state index contributed by atoms with van der Waals surface area (Å²) in [5, 5.41) is 13.3. The molecule has 2 aromatic heterocycles. The van der Waals surface area contributed by atoms with Crippen molar-refractivity contribution in [3.05, 3.63) is 114 Å². The zero-order valence-electron chi connectivity index (χ0n) is 20.4. The Balaban J connectivity index is 1.15. The first-order chi connectivity index (χ1) is 18.6. The molecular formula is C31H25N3O4. The standard InChI is InChI=1S/C31H25N3O4/c35-30(36)29(15-21-17-33-28-14-19(11-12-22(21)28)20-6-5-13-32-16-20)34-31(37)38-18-27-25-9-3-1-7-23(25)24-8-2-4-10-26(24)27/h1-14,16-17,27,29,33H,15,18H2,(H,34,37)(H,35,36). The average Bonchev–Trinajstić information content (AvgIpc) is 3.50. The average molecular weight is 504 g/mol. The van der Waals surface area contributed by atoms with Crippen LogP contribution in [0.2, 0.25) is 0 Å². The summed E-state index contributed by atoms with van der Waals surface area (Å²) in [6.07, 6.45) is 4.67. The number of carbonyl (C=O) groups is 2. The topological polar surface area (TPSA) is 104 Å². The van der Waals surface area contributed by atoms with Gasteiger partial charge in [0.2, 0.25) is 0 Å². The summed E-state index contributed by atoms with van der Waals surface area (Å²) in [4.78, 5) is 32.1. The molecule has 38 heavy (non-hydrogen) atoms. The first-order valence-corrected chi connectivity index (χ1v) is 12.4. The number of pyridine rings is 1. The van der Waals surface area contributed by atoms with Gasteiger partial charge in [-0.05, 0) is 45.5 Å². The Kier molecular flexibility index (Phi) is 6.09. The normalized spacial score (nSPS) is 13.1. The number of aliphatic carboxylic acids is 1. The van der Waals surface area contributed by atoms with Crippen LogP contribution in [0.1, 0.15) is 22.6 Å². The molecule has 3 aromatic carbocycles. The molecule has 1 atom stereocenters. The molecule has 1 unspecified atom stereocenters. The highest BCUT2D eigenvalue weighted by Gasteiger charge is 2.30. The van der Waals surface area contributed by atoms with Crippen LogP contribution < -0.4 is 5.32 Å². The van der Waals surface area contributed by atoms with Gasteiger partial charge < -0.3 is 20.1 Å². The molecular weight excluding hydrogens is 478 g/mol. The third-order valence-corrected chi connectivity index (χ3v) is 7.12. The summed E-state index contributed by atoms with van der Waals surface area (Å²) >= 11 is 0. The van der Waals surface area contributed by atoms with Crippen molar-refractivity contribution in [2.45, 2.75) is 18.4 Å². The molecule has 0 saturated carbocycles. The van der Waals surface area contributed by atoms with Gasteiger partial charge in [0, 0.05) is 47.4 Å². The summed E-state index contributed by atoms with van der Waals surface area (Å²) in [7, 11) is 0. The summed E-state index contributed by atoms with van der Waals surface area (Å²) in [5.74, 6) is -1.22. The van der Waals surface area contributed by atoms with E-state index < -0.39 is 18.1 Å². The fraction of sp³-hybridized carbons (Fsp3) is 0.129. The number of nitrogens with one attached hydrogen (secondary N) is 2. The molecule has 5 aromatic rings. The van der Waals surface area contributed by atoms with Crippen molar-refractivity contribution in [1.82, 2.24) is 15.3 Å². The number of carboxylic acid groups (broad SMARTS) is 1. The van der Waals surface area contributed by atoms with Gasteiger partial charge in [-0.1, -0.05) is 66.7 Å². The summed E-state index contributed by atoms with van der Waals surface area (Å²) in [5.41, 5.74) is 8.13. The predicted molar refractivity (Wildman–Crippen MR) is 145 cm³/mol. The van der Waals surface area contributed by atoms with E-state index in [1.807, 2.05) is 66.7 Å². The van der Waals surface area contributed by atoms with Crippen molar-refractivity contribution in [3.63, 3.8) is 0 Å². The predicted octanol–water partition coefficient (Wildman–Crippen LogP) is 5.76. The van der Waals surface area contributed by atoms with Gasteiger partial charge in [-0.3, -0.25) is 4.98 Å². The van der Waals surface area contributed by atoms with E-state index in [-0.39, 0.29) is 18.9 Å². The van der Waals surface area contributed by atoms with Gasteiger partial charge in [-0.15, -0.1) is 0 Å². The van der Waals surface area contributed by atoms with E-state index in [0.717, 1.165) is 49.8 Å². The number of hydrogen-bond donors (Lipinski definition) is 3. The highest BCUT2D eigenvalue weighted by Crippen LogP contribution is 2.44. The minimum Gasteiger partial charge on any atom is -0.480 e. The van der Waals surface area contributed by atoms with Crippen molar-refractivity contribution < 1.29 is 19.4 Å². The number of carboxylic acids is 1. The van der Waals surface area contributed by atoms with Gasteiger partial charge >= 0.3 is 12.1 Å². The number of aromatic amines is 1. The number of H-pyrrole nitrogens is 1. The van der Waals surface area contributed by atoms with Crippen LogP contribution >= 0.6 is 0 Å². The smallest absolute Gasteiger partial charge is 0.407 e. The number of fused-ring (bicyclic) bond motifs is 4. The number of hydrogen-bond acceptors (Lipinski definition) is 4. The Morgan fingerprint density at radius 3 is 2.37 bits per heavy atom. The molecule has 7 heteroatoms. The summed E-state index contributed by atoms with van der Waals surface area (Å²) in [6, 6.07) is 24.8. The molecule has 6 rings (SSSR count). The van der Waals surface area contributed by atoms with Gasteiger partial charge in [-0.2, -0.15) is 0 Å². The fourth-order valence-electron chi connectivity index (χ4n) is 5.27. The van der Waals surface area contributed by atoms with Crippen molar-refractivity contribution in [2.24, 2.45) is 0 Å². The zero-order valence-corrected chi connectivity index (χ0v) is 20.4. The van der Waals surface area contributed by atoms with E-state index in [0.29, 0.717) is 0 Å². The molecule has 1 amide bonds. The van der Waals surface area contributed by atoms with E-state index in [1.54, 1.807) is 18.6 Å². The molecule has 188 valence electrons. The van der Waals surface area contributed by atoms with Crippen LogP contribution in [-0.2, 0) is 16.0 Å². The Morgan fingerprint density at radius 1 is 0.947 bits per heavy atom. The van der Waals surface area contributed by atoms with E-state index in [1.165, 1.54) is 0 Å². The molecule has 1 aliphatic rings. The van der Waals surface area contributed by atoms with Crippen molar-refractivity contribution in [2.75, 3.05) is 6.61 Å². The van der Waals surface area contributed by atoms with E-state index in [4.69, 9.17) is 4.74 Å². The van der Waals surface area contributed by atoms with E-state index >= 15 is 0 Å². The lowest BCUT2D eigenvalue weighted by Crippen LogP contribution is -2.42. The van der Waals surface area contributed by atoms with Gasteiger partial charge in [0.25, 0.3) is 0 Å². The monoisotopic (exact) mass is 503 g/mol. The maximum atomic E-state index is 12.7. The quantitative estimate of drug-likeness (QED) is 0.262. The molecule has 0 aliphatic heterocycles. The number of aromatic nitrogens is 2. The first kappa shape index (κ1) is 23.5. The fourth-order valence-corrected chi connectivity index (χ4v) is 5.27. The first-order valence-electron chi connectivity index (χ1n) is 12.4. The van der Waals surface area contributed by atoms with Crippen LogP contribution in [0.5, 0.6) is 0 Å². The lowest BCUT2D eigenvalue weighted by molar-refractivity contribution is -0.139. The molecule has 0 radical (unpaired) electrons. The Hall–Kier alpha value is -4.91. The van der Waals surface area contributed by atoms with Crippen LogP contribution in [-0.4, -0.2) is 39.8 Å². The van der Waals surface area contributed by atoms with Crippen molar-refractivity contribution >= 4 is 23.0 Å². The van der Waals surface area contributed by atoms with E-state index in [2.05, 4.69) is 27.4 Å². The number of ether oxygens (including phenoxy) is 1. The van der Waals surface area contributed by atoms with Gasteiger partial charge in [0.15, 0.2) is 0 Å². The van der Waals surface area contributed by atoms with Gasteiger partial charge in [-0.25, -0.2) is 9.59 Å². The number of rotatable bonds is 7. The third-order valence-electron chi connectivity index (χ3n) is 7.12. The molecule has 7 nitrogen and oxygen atoms in total. The maximum Gasteiger partial charge on any atom is 0.407 e. The molecule has 0 spiro atoms. The molecule has 3 N–H and O–H groups in total. The molecule has 0 fully saturated rings. The van der Waals surface area contributed by atoms with Crippen LogP contribution in [0.15, 0.2) is 97.5 Å². The SMILES string of the molecule is O=C(NC(Cc1c[nH]c2cc(-c3cccnc3)ccc12)C(=O)O)OCC1c2ccccc2-c2ccccc21. The third kappa shape index (κ3) is 4.39. The number of benzene rings is 3.